The Morgan fingerprint density at radius 1 is 1.33 bits per heavy atom. The molecule has 1 aromatic carbocycles. The van der Waals surface area contributed by atoms with Gasteiger partial charge >= 0.3 is 12.3 Å². The summed E-state index contributed by atoms with van der Waals surface area (Å²) in [4.78, 5) is 24.2. The predicted octanol–water partition coefficient (Wildman–Crippen LogP) is 3.50. The highest BCUT2D eigenvalue weighted by molar-refractivity contribution is 5.98. The van der Waals surface area contributed by atoms with E-state index < -0.39 is 47.9 Å². The Morgan fingerprint density at radius 3 is 2.48 bits per heavy atom. The van der Waals surface area contributed by atoms with Gasteiger partial charge in [-0.1, -0.05) is 6.92 Å². The molecule has 1 aliphatic rings. The maximum atomic E-state index is 13.5. The lowest BCUT2D eigenvalue weighted by atomic mass is 9.79. The second-order valence-corrected chi connectivity index (χ2v) is 7.68. The Balaban J connectivity index is 2.00. The maximum absolute atomic E-state index is 13.5. The molecule has 0 radical (unpaired) electrons. The van der Waals surface area contributed by atoms with Crippen LogP contribution >= 0.6 is 0 Å². The van der Waals surface area contributed by atoms with Gasteiger partial charge in [-0.05, 0) is 30.7 Å². The molecule has 2 amide bonds. The summed E-state index contributed by atoms with van der Waals surface area (Å²) in [5, 5.41) is 26.2. The SMILES string of the molecule is CC(C1C(C#N)C(n2cc(C(N)=O)c(Nc3ccc(F)cc3)n2)CCN1C(=O)O)C(F)(F)F. The molecule has 4 unspecified atom stereocenters. The summed E-state index contributed by atoms with van der Waals surface area (Å²) in [6.07, 6.45) is -5.12. The van der Waals surface area contributed by atoms with Crippen molar-refractivity contribution in [2.24, 2.45) is 17.6 Å². The fourth-order valence-corrected chi connectivity index (χ4v) is 3.98. The van der Waals surface area contributed by atoms with E-state index in [1.807, 2.05) is 6.07 Å². The van der Waals surface area contributed by atoms with Crippen molar-refractivity contribution in [2.45, 2.75) is 31.6 Å². The van der Waals surface area contributed by atoms with Gasteiger partial charge in [0.2, 0.25) is 0 Å². The molecule has 0 spiro atoms. The number of aromatic nitrogens is 2. The van der Waals surface area contributed by atoms with Crippen LogP contribution in [-0.2, 0) is 0 Å². The number of hydrogen-bond acceptors (Lipinski definition) is 5. The van der Waals surface area contributed by atoms with Gasteiger partial charge in [-0.15, -0.1) is 0 Å². The zero-order valence-corrected chi connectivity index (χ0v) is 17.3. The minimum atomic E-state index is -4.74. The molecule has 1 saturated heterocycles. The van der Waals surface area contributed by atoms with E-state index in [9.17, 15) is 37.5 Å². The Labute approximate surface area is 185 Å². The van der Waals surface area contributed by atoms with E-state index in [0.29, 0.717) is 10.6 Å². The Morgan fingerprint density at radius 2 is 1.97 bits per heavy atom. The first kappa shape index (κ1) is 23.8. The number of nitrogens with two attached hydrogens (primary N) is 1. The van der Waals surface area contributed by atoms with Gasteiger partial charge in [-0.3, -0.25) is 9.48 Å². The number of nitriles is 1. The number of hydrogen-bond donors (Lipinski definition) is 3. The minimum Gasteiger partial charge on any atom is -0.465 e. The van der Waals surface area contributed by atoms with E-state index in [-0.39, 0.29) is 24.3 Å². The summed E-state index contributed by atoms with van der Waals surface area (Å²) >= 11 is 0. The summed E-state index contributed by atoms with van der Waals surface area (Å²) < 4.78 is 54.8. The average Bonchev–Trinajstić information content (AvgIpc) is 3.16. The number of alkyl halides is 3. The Bertz CT molecular complexity index is 1080. The number of carbonyl (C=O) groups is 2. The van der Waals surface area contributed by atoms with Crippen LogP contribution in [0.15, 0.2) is 30.5 Å². The van der Waals surface area contributed by atoms with Gasteiger partial charge in [0.05, 0.1) is 30.0 Å². The van der Waals surface area contributed by atoms with E-state index in [1.54, 1.807) is 0 Å². The summed E-state index contributed by atoms with van der Waals surface area (Å²) in [7, 11) is 0. The first-order valence-electron chi connectivity index (χ1n) is 9.81. The number of amides is 2. The standard InChI is InChI=1S/C20H20F4N6O3/c1-10(20(22,23)24)16-13(8-25)15(6-7-29(16)19(32)33)30-9-14(17(26)31)18(28-30)27-12-4-2-11(21)3-5-12/h2-5,9-10,13,15-16H,6-7H2,1H3,(H2,26,31)(H,27,28)(H,32,33). The molecule has 9 nitrogen and oxygen atoms in total. The Hall–Kier alpha value is -3.82. The number of nitrogens with zero attached hydrogens (tertiary/aromatic N) is 4. The number of carbonyl (C=O) groups excluding carboxylic acids is 1. The van der Waals surface area contributed by atoms with Crippen molar-refractivity contribution in [3.63, 3.8) is 0 Å². The van der Waals surface area contributed by atoms with Crippen LogP contribution in [0.3, 0.4) is 0 Å². The van der Waals surface area contributed by atoms with Gasteiger partial charge in [0.25, 0.3) is 5.91 Å². The van der Waals surface area contributed by atoms with Gasteiger partial charge < -0.3 is 21.1 Å². The van der Waals surface area contributed by atoms with Gasteiger partial charge in [-0.2, -0.15) is 23.5 Å². The lowest BCUT2D eigenvalue weighted by molar-refractivity contribution is -0.192. The van der Waals surface area contributed by atoms with Crippen molar-refractivity contribution in [1.82, 2.24) is 14.7 Å². The van der Waals surface area contributed by atoms with Crippen LogP contribution in [0.1, 0.15) is 29.7 Å². The third-order valence-corrected chi connectivity index (χ3v) is 5.68. The van der Waals surface area contributed by atoms with Crippen molar-refractivity contribution < 1.29 is 32.3 Å². The van der Waals surface area contributed by atoms with Crippen LogP contribution in [0, 0.1) is 29.0 Å². The van der Waals surface area contributed by atoms with E-state index >= 15 is 0 Å². The second kappa shape index (κ2) is 8.97. The van der Waals surface area contributed by atoms with Gasteiger partial charge in [0.1, 0.15) is 11.4 Å². The molecular formula is C20H20F4N6O3. The van der Waals surface area contributed by atoms with Gasteiger partial charge in [-0.25, -0.2) is 9.18 Å². The van der Waals surface area contributed by atoms with E-state index in [1.165, 1.54) is 30.5 Å². The number of primary amides is 1. The molecule has 176 valence electrons. The third kappa shape index (κ3) is 4.84. The van der Waals surface area contributed by atoms with E-state index in [4.69, 9.17) is 5.73 Å². The van der Waals surface area contributed by atoms with Crippen molar-refractivity contribution in [2.75, 3.05) is 11.9 Å². The lowest BCUT2D eigenvalue weighted by Crippen LogP contribution is -2.56. The van der Waals surface area contributed by atoms with Gasteiger partial charge in [0, 0.05) is 18.4 Å². The molecule has 33 heavy (non-hydrogen) atoms. The molecule has 1 fully saturated rings. The second-order valence-electron chi connectivity index (χ2n) is 7.68. The number of carboxylic acid groups (broad SMARTS) is 1. The monoisotopic (exact) mass is 468 g/mol. The number of anilines is 2. The molecule has 1 aromatic heterocycles. The molecule has 2 heterocycles. The quantitative estimate of drug-likeness (QED) is 0.575. The smallest absolute Gasteiger partial charge is 0.407 e. The summed E-state index contributed by atoms with van der Waals surface area (Å²) in [6.45, 7) is 0.558. The van der Waals surface area contributed by atoms with Crippen molar-refractivity contribution in [3.05, 3.63) is 41.8 Å². The molecule has 13 heteroatoms. The molecule has 0 saturated carbocycles. The molecule has 0 bridgehead atoms. The first-order valence-corrected chi connectivity index (χ1v) is 9.81. The van der Waals surface area contributed by atoms with Crippen LogP contribution in [0.2, 0.25) is 0 Å². The molecular weight excluding hydrogens is 448 g/mol. The number of piperidine rings is 1. The van der Waals surface area contributed by atoms with Crippen molar-refractivity contribution in [3.8, 4) is 6.07 Å². The predicted molar refractivity (Wildman–Crippen MR) is 107 cm³/mol. The number of likely N-dealkylation sites (tertiary alicyclic amines) is 1. The van der Waals surface area contributed by atoms with Crippen LogP contribution in [0.25, 0.3) is 0 Å². The fraction of sp³-hybridized carbons (Fsp3) is 0.400. The third-order valence-electron chi connectivity index (χ3n) is 5.68. The lowest BCUT2D eigenvalue weighted by Gasteiger charge is -2.44. The fourth-order valence-electron chi connectivity index (χ4n) is 3.98. The topological polar surface area (TPSA) is 137 Å². The van der Waals surface area contributed by atoms with E-state index in [0.717, 1.165) is 11.6 Å². The number of nitrogens with one attached hydrogen (secondary N) is 1. The summed E-state index contributed by atoms with van der Waals surface area (Å²) in [6, 6.07) is 4.26. The zero-order chi connectivity index (χ0) is 24.5. The largest absolute Gasteiger partial charge is 0.465 e. The zero-order valence-electron chi connectivity index (χ0n) is 17.3. The molecule has 4 N–H and O–H groups in total. The number of halogens is 4. The van der Waals surface area contributed by atoms with Crippen LogP contribution < -0.4 is 11.1 Å². The van der Waals surface area contributed by atoms with Gasteiger partial charge in [0.15, 0.2) is 5.82 Å². The van der Waals surface area contributed by atoms with Crippen LogP contribution in [0.5, 0.6) is 0 Å². The highest BCUT2D eigenvalue weighted by Crippen LogP contribution is 2.42. The highest BCUT2D eigenvalue weighted by Gasteiger charge is 2.52. The normalized spacial score (nSPS) is 21.8. The maximum Gasteiger partial charge on any atom is 0.407 e. The molecule has 1 aliphatic heterocycles. The summed E-state index contributed by atoms with van der Waals surface area (Å²) in [5.41, 5.74) is 5.67. The molecule has 4 atom stereocenters. The minimum absolute atomic E-state index is 0.0124. The number of rotatable bonds is 5. The van der Waals surface area contributed by atoms with Crippen molar-refractivity contribution >= 4 is 23.5 Å². The van der Waals surface area contributed by atoms with E-state index in [2.05, 4.69) is 10.4 Å². The first-order chi connectivity index (χ1) is 15.4. The molecule has 3 rings (SSSR count). The average molecular weight is 468 g/mol. The summed E-state index contributed by atoms with van der Waals surface area (Å²) in [5.74, 6) is -4.95. The molecule has 0 aliphatic carbocycles. The highest BCUT2D eigenvalue weighted by atomic mass is 19.4. The molecule has 2 aromatic rings. The van der Waals surface area contributed by atoms with Crippen molar-refractivity contribution in [1.29, 1.82) is 5.26 Å². The Kier molecular flexibility index (Phi) is 6.48. The number of benzene rings is 1. The van der Waals surface area contributed by atoms with Crippen LogP contribution in [0.4, 0.5) is 33.9 Å². The van der Waals surface area contributed by atoms with Crippen LogP contribution in [-0.4, -0.2) is 50.6 Å².